The van der Waals surface area contributed by atoms with Crippen molar-refractivity contribution < 1.29 is 29.0 Å². The van der Waals surface area contributed by atoms with Gasteiger partial charge in [-0.25, -0.2) is 9.59 Å². The van der Waals surface area contributed by atoms with E-state index in [1.807, 2.05) is 0 Å². The fraction of sp³-hybridized carbons (Fsp3) is 0.850. The molecule has 0 aromatic rings. The first-order chi connectivity index (χ1) is 12.7. The van der Waals surface area contributed by atoms with Gasteiger partial charge in [0.05, 0.1) is 0 Å². The van der Waals surface area contributed by atoms with Gasteiger partial charge in [0, 0.05) is 19.5 Å². The summed E-state index contributed by atoms with van der Waals surface area (Å²) in [6.07, 6.45) is 1.41. The number of rotatable bonds is 6. The molecule has 2 amide bonds. The lowest BCUT2D eigenvalue weighted by Crippen LogP contribution is -2.43. The number of hydrogen-bond acceptors (Lipinski definition) is 5. The van der Waals surface area contributed by atoms with Crippen LogP contribution in [0.3, 0.4) is 0 Å². The molecule has 3 atom stereocenters. The van der Waals surface area contributed by atoms with E-state index in [1.165, 1.54) is 0 Å². The van der Waals surface area contributed by atoms with Crippen molar-refractivity contribution in [3.63, 3.8) is 0 Å². The Kier molecular flexibility index (Phi) is 8.57. The smallest absolute Gasteiger partial charge is 0.407 e. The molecule has 0 aliphatic heterocycles. The number of amides is 2. The zero-order valence-corrected chi connectivity index (χ0v) is 18.0. The second-order valence-corrected chi connectivity index (χ2v) is 9.56. The highest BCUT2D eigenvalue weighted by Crippen LogP contribution is 2.35. The lowest BCUT2D eigenvalue weighted by Gasteiger charge is -2.36. The SMILES string of the molecule is CC(C)(C)OC(=O)NC[C@H]1CC[C@H](CC(=O)O)C[C@@H]1CNC(=O)OC(C)(C)C. The first kappa shape index (κ1) is 24.0. The third kappa shape index (κ3) is 10.4. The molecule has 1 fully saturated rings. The Morgan fingerprint density at radius 3 is 1.75 bits per heavy atom. The molecule has 0 saturated heterocycles. The normalized spacial score (nSPS) is 22.9. The number of carboxylic acids is 1. The van der Waals surface area contributed by atoms with Gasteiger partial charge < -0.3 is 25.2 Å². The molecule has 0 aromatic heterocycles. The maximum Gasteiger partial charge on any atom is 0.407 e. The van der Waals surface area contributed by atoms with E-state index in [4.69, 9.17) is 14.6 Å². The van der Waals surface area contributed by atoms with E-state index in [1.54, 1.807) is 41.5 Å². The summed E-state index contributed by atoms with van der Waals surface area (Å²) in [5.74, 6) is -0.553. The van der Waals surface area contributed by atoms with Crippen LogP contribution in [0.4, 0.5) is 9.59 Å². The molecule has 162 valence electrons. The summed E-state index contributed by atoms with van der Waals surface area (Å²) >= 11 is 0. The standard InChI is InChI=1S/C20H36N2O6/c1-19(2,3)27-17(25)21-11-14-8-7-13(10-16(23)24)9-15(14)12-22-18(26)28-20(4,5)6/h13-15H,7-12H2,1-6H3,(H,21,25)(H,22,26)(H,23,24)/t13-,14+,15+/m0/s1. The van der Waals surface area contributed by atoms with E-state index in [0.29, 0.717) is 19.5 Å². The summed E-state index contributed by atoms with van der Waals surface area (Å²) in [7, 11) is 0. The minimum Gasteiger partial charge on any atom is -0.481 e. The van der Waals surface area contributed by atoms with Crippen molar-refractivity contribution in [2.45, 2.75) is 78.4 Å². The first-order valence-electron chi connectivity index (χ1n) is 9.90. The van der Waals surface area contributed by atoms with Crippen molar-refractivity contribution in [3.05, 3.63) is 0 Å². The Hall–Kier alpha value is -1.99. The Morgan fingerprint density at radius 2 is 1.32 bits per heavy atom. The van der Waals surface area contributed by atoms with E-state index in [0.717, 1.165) is 12.8 Å². The number of carbonyl (C=O) groups excluding carboxylic acids is 2. The van der Waals surface area contributed by atoms with Gasteiger partial charge in [0.15, 0.2) is 0 Å². The summed E-state index contributed by atoms with van der Waals surface area (Å²) in [5.41, 5.74) is -1.15. The number of carboxylic acid groups (broad SMARTS) is 1. The van der Waals surface area contributed by atoms with Gasteiger partial charge in [0.25, 0.3) is 0 Å². The molecule has 0 unspecified atom stereocenters. The van der Waals surface area contributed by atoms with Crippen LogP contribution >= 0.6 is 0 Å². The maximum absolute atomic E-state index is 12.0. The van der Waals surface area contributed by atoms with Crippen LogP contribution in [0.5, 0.6) is 0 Å². The number of carbonyl (C=O) groups is 3. The second kappa shape index (κ2) is 9.98. The van der Waals surface area contributed by atoms with E-state index in [-0.39, 0.29) is 24.2 Å². The molecule has 0 bridgehead atoms. The van der Waals surface area contributed by atoms with Crippen molar-refractivity contribution in [1.82, 2.24) is 10.6 Å². The first-order valence-corrected chi connectivity index (χ1v) is 9.90. The van der Waals surface area contributed by atoms with Gasteiger partial charge in [-0.2, -0.15) is 0 Å². The highest BCUT2D eigenvalue weighted by Gasteiger charge is 2.32. The lowest BCUT2D eigenvalue weighted by molar-refractivity contribution is -0.138. The Morgan fingerprint density at radius 1 is 0.857 bits per heavy atom. The molecule has 28 heavy (non-hydrogen) atoms. The van der Waals surface area contributed by atoms with Crippen molar-refractivity contribution in [3.8, 4) is 0 Å². The van der Waals surface area contributed by atoms with Crippen LogP contribution in [0, 0.1) is 17.8 Å². The summed E-state index contributed by atoms with van der Waals surface area (Å²) in [6, 6.07) is 0. The Balaban J connectivity index is 2.64. The molecule has 1 saturated carbocycles. The topological polar surface area (TPSA) is 114 Å². The van der Waals surface area contributed by atoms with Crippen LogP contribution in [0.25, 0.3) is 0 Å². The largest absolute Gasteiger partial charge is 0.481 e. The van der Waals surface area contributed by atoms with Gasteiger partial charge in [-0.3, -0.25) is 4.79 Å². The van der Waals surface area contributed by atoms with E-state index in [9.17, 15) is 14.4 Å². The fourth-order valence-corrected chi connectivity index (χ4v) is 3.43. The van der Waals surface area contributed by atoms with Crippen molar-refractivity contribution >= 4 is 18.2 Å². The maximum atomic E-state index is 12.0. The number of hydrogen-bond donors (Lipinski definition) is 3. The van der Waals surface area contributed by atoms with Gasteiger partial charge in [-0.05, 0) is 78.6 Å². The quantitative estimate of drug-likeness (QED) is 0.628. The molecule has 8 nitrogen and oxygen atoms in total. The number of nitrogens with one attached hydrogen (secondary N) is 2. The molecule has 1 rings (SSSR count). The minimum atomic E-state index is -0.811. The van der Waals surface area contributed by atoms with Crippen molar-refractivity contribution in [2.24, 2.45) is 17.8 Å². The monoisotopic (exact) mass is 400 g/mol. The van der Waals surface area contributed by atoms with Gasteiger partial charge in [0.1, 0.15) is 11.2 Å². The summed E-state index contributed by atoms with van der Waals surface area (Å²) in [6.45, 7) is 11.6. The molecule has 0 spiro atoms. The molecule has 1 aliphatic rings. The Labute approximate surface area is 167 Å². The van der Waals surface area contributed by atoms with E-state index < -0.39 is 29.4 Å². The van der Waals surface area contributed by atoms with Gasteiger partial charge in [-0.15, -0.1) is 0 Å². The summed E-state index contributed by atoms with van der Waals surface area (Å²) < 4.78 is 10.5. The van der Waals surface area contributed by atoms with Gasteiger partial charge >= 0.3 is 18.2 Å². The fourth-order valence-electron chi connectivity index (χ4n) is 3.43. The zero-order chi connectivity index (χ0) is 21.5. The average molecular weight is 401 g/mol. The van der Waals surface area contributed by atoms with Crippen LogP contribution in [0.1, 0.15) is 67.2 Å². The third-order valence-electron chi connectivity index (χ3n) is 4.53. The molecule has 8 heteroatoms. The highest BCUT2D eigenvalue weighted by molar-refractivity contribution is 5.68. The zero-order valence-electron chi connectivity index (χ0n) is 18.0. The highest BCUT2D eigenvalue weighted by atomic mass is 16.6. The van der Waals surface area contributed by atoms with Crippen molar-refractivity contribution in [2.75, 3.05) is 13.1 Å². The summed E-state index contributed by atoms with van der Waals surface area (Å²) in [4.78, 5) is 35.0. The van der Waals surface area contributed by atoms with Gasteiger partial charge in [-0.1, -0.05) is 0 Å². The van der Waals surface area contributed by atoms with Crippen LogP contribution in [-0.4, -0.2) is 47.6 Å². The predicted molar refractivity (Wildman–Crippen MR) is 105 cm³/mol. The van der Waals surface area contributed by atoms with E-state index >= 15 is 0 Å². The van der Waals surface area contributed by atoms with Gasteiger partial charge in [0.2, 0.25) is 0 Å². The molecule has 0 heterocycles. The third-order valence-corrected chi connectivity index (χ3v) is 4.53. The average Bonchev–Trinajstić information content (AvgIpc) is 2.48. The molecule has 1 aliphatic carbocycles. The van der Waals surface area contributed by atoms with Crippen molar-refractivity contribution in [1.29, 1.82) is 0 Å². The predicted octanol–water partition coefficient (Wildman–Crippen LogP) is 3.54. The summed E-state index contributed by atoms with van der Waals surface area (Å²) in [5, 5.41) is 14.7. The van der Waals surface area contributed by atoms with Crippen LogP contribution < -0.4 is 10.6 Å². The number of ether oxygens (including phenoxy) is 2. The molecule has 3 N–H and O–H groups in total. The van der Waals surface area contributed by atoms with Crippen LogP contribution in [-0.2, 0) is 14.3 Å². The van der Waals surface area contributed by atoms with Crippen LogP contribution in [0.2, 0.25) is 0 Å². The number of aliphatic carboxylic acids is 1. The molecule has 0 aromatic carbocycles. The molecular formula is C20H36N2O6. The number of alkyl carbamates (subject to hydrolysis) is 2. The Bertz CT molecular complexity index is 550. The van der Waals surface area contributed by atoms with E-state index in [2.05, 4.69) is 10.6 Å². The molecular weight excluding hydrogens is 364 g/mol. The van der Waals surface area contributed by atoms with Crippen LogP contribution in [0.15, 0.2) is 0 Å². The lowest BCUT2D eigenvalue weighted by atomic mass is 9.73. The minimum absolute atomic E-state index is 0.0561. The second-order valence-electron chi connectivity index (χ2n) is 9.56. The molecule has 0 radical (unpaired) electrons.